The third kappa shape index (κ3) is 3.94. The summed E-state index contributed by atoms with van der Waals surface area (Å²) in [6.45, 7) is 4.78. The van der Waals surface area contributed by atoms with E-state index in [2.05, 4.69) is 0 Å². The number of hydrogen-bond acceptors (Lipinski definition) is 4. The first-order valence-corrected chi connectivity index (χ1v) is 6.52. The Morgan fingerprint density at radius 3 is 2.79 bits per heavy atom. The van der Waals surface area contributed by atoms with E-state index in [9.17, 15) is 4.79 Å². The standard InChI is InChI=1S/C14H19NO4/c1-17-13-5-3-2-4-12(13)14(16)19-11-8-15-6-9-18-10-7-15/h2-5H,6-11H2,1H3/p+1. The van der Waals surface area contributed by atoms with Gasteiger partial charge in [0.05, 0.1) is 20.3 Å². The van der Waals surface area contributed by atoms with Gasteiger partial charge >= 0.3 is 5.97 Å². The number of quaternary nitrogens is 1. The number of morpholine rings is 1. The minimum Gasteiger partial charge on any atom is -0.496 e. The van der Waals surface area contributed by atoms with Crippen LogP contribution in [0, 0.1) is 0 Å². The Morgan fingerprint density at radius 1 is 1.32 bits per heavy atom. The predicted molar refractivity (Wildman–Crippen MR) is 69.7 cm³/mol. The summed E-state index contributed by atoms with van der Waals surface area (Å²) in [7, 11) is 1.55. The summed E-state index contributed by atoms with van der Waals surface area (Å²) in [5.74, 6) is 0.219. The fourth-order valence-electron chi connectivity index (χ4n) is 2.09. The van der Waals surface area contributed by atoms with E-state index in [4.69, 9.17) is 14.2 Å². The summed E-state index contributed by atoms with van der Waals surface area (Å²) >= 11 is 0. The Kier molecular flexibility index (Phi) is 5.18. The quantitative estimate of drug-likeness (QED) is 0.748. The van der Waals surface area contributed by atoms with Crippen LogP contribution in [0.2, 0.25) is 0 Å². The van der Waals surface area contributed by atoms with E-state index in [-0.39, 0.29) is 5.97 Å². The van der Waals surface area contributed by atoms with Gasteiger partial charge in [-0.3, -0.25) is 0 Å². The van der Waals surface area contributed by atoms with Crippen LogP contribution in [0.4, 0.5) is 0 Å². The molecule has 0 bridgehead atoms. The molecule has 0 radical (unpaired) electrons. The highest BCUT2D eigenvalue weighted by atomic mass is 16.5. The largest absolute Gasteiger partial charge is 0.496 e. The van der Waals surface area contributed by atoms with Crippen LogP contribution < -0.4 is 9.64 Å². The van der Waals surface area contributed by atoms with Gasteiger partial charge in [-0.05, 0) is 12.1 Å². The van der Waals surface area contributed by atoms with E-state index < -0.39 is 0 Å². The van der Waals surface area contributed by atoms with Gasteiger partial charge in [0, 0.05) is 0 Å². The second-order valence-corrected chi connectivity index (χ2v) is 4.45. The number of hydrogen-bond donors (Lipinski definition) is 1. The average Bonchev–Trinajstić information content (AvgIpc) is 2.48. The molecule has 1 aliphatic heterocycles. The van der Waals surface area contributed by atoms with E-state index >= 15 is 0 Å². The Morgan fingerprint density at radius 2 is 2.05 bits per heavy atom. The molecule has 5 nitrogen and oxygen atoms in total. The smallest absolute Gasteiger partial charge is 0.342 e. The van der Waals surface area contributed by atoms with Crippen molar-refractivity contribution < 1.29 is 23.9 Å². The molecule has 0 saturated carbocycles. The molecule has 1 saturated heterocycles. The molecular weight excluding hydrogens is 246 g/mol. The number of carbonyl (C=O) groups is 1. The van der Waals surface area contributed by atoms with E-state index in [1.165, 1.54) is 4.90 Å². The van der Waals surface area contributed by atoms with E-state index in [0.29, 0.717) is 17.9 Å². The number of para-hydroxylation sites is 1. The van der Waals surface area contributed by atoms with Crippen LogP contribution in [0.15, 0.2) is 24.3 Å². The molecule has 0 aromatic heterocycles. The lowest BCUT2D eigenvalue weighted by molar-refractivity contribution is -0.908. The van der Waals surface area contributed by atoms with Crippen LogP contribution >= 0.6 is 0 Å². The van der Waals surface area contributed by atoms with Crippen molar-refractivity contribution in [3.8, 4) is 5.75 Å². The second kappa shape index (κ2) is 7.11. The molecule has 1 aliphatic rings. The zero-order valence-electron chi connectivity index (χ0n) is 11.2. The fourth-order valence-corrected chi connectivity index (χ4v) is 2.09. The maximum absolute atomic E-state index is 11.9. The molecule has 1 aromatic carbocycles. The van der Waals surface area contributed by atoms with Gasteiger partial charge in [-0.1, -0.05) is 12.1 Å². The third-order valence-corrected chi connectivity index (χ3v) is 3.22. The van der Waals surface area contributed by atoms with Crippen LogP contribution in [-0.2, 0) is 9.47 Å². The number of nitrogens with one attached hydrogen (secondary N) is 1. The van der Waals surface area contributed by atoms with Crippen molar-refractivity contribution >= 4 is 5.97 Å². The van der Waals surface area contributed by atoms with Gasteiger partial charge in [-0.15, -0.1) is 0 Å². The van der Waals surface area contributed by atoms with Crippen molar-refractivity contribution in [1.29, 1.82) is 0 Å². The lowest BCUT2D eigenvalue weighted by atomic mass is 10.2. The molecule has 2 rings (SSSR count). The van der Waals surface area contributed by atoms with Gasteiger partial charge in [-0.2, -0.15) is 0 Å². The van der Waals surface area contributed by atoms with Crippen molar-refractivity contribution in [2.75, 3.05) is 46.6 Å². The topological polar surface area (TPSA) is 49.2 Å². The molecule has 1 aromatic rings. The van der Waals surface area contributed by atoms with Crippen LogP contribution in [-0.4, -0.2) is 52.5 Å². The number of ether oxygens (including phenoxy) is 3. The molecule has 0 atom stereocenters. The van der Waals surface area contributed by atoms with E-state index in [0.717, 1.165) is 32.8 Å². The van der Waals surface area contributed by atoms with Crippen molar-refractivity contribution in [1.82, 2.24) is 0 Å². The molecule has 1 N–H and O–H groups in total. The Balaban J connectivity index is 1.80. The summed E-state index contributed by atoms with van der Waals surface area (Å²) in [6, 6.07) is 7.09. The second-order valence-electron chi connectivity index (χ2n) is 4.45. The zero-order valence-corrected chi connectivity index (χ0v) is 11.2. The number of esters is 1. The monoisotopic (exact) mass is 266 g/mol. The Bertz CT molecular complexity index is 416. The normalized spacial score (nSPS) is 16.1. The number of carbonyl (C=O) groups excluding carboxylic acids is 1. The SMILES string of the molecule is COc1ccccc1C(=O)OCC[NH+]1CCOCC1. The fraction of sp³-hybridized carbons (Fsp3) is 0.500. The average molecular weight is 266 g/mol. The Labute approximate surface area is 113 Å². The molecular formula is C14H20NO4+. The summed E-state index contributed by atoms with van der Waals surface area (Å²) in [5.41, 5.74) is 0.474. The highest BCUT2D eigenvalue weighted by Gasteiger charge is 2.16. The van der Waals surface area contributed by atoms with Crippen LogP contribution in [0.5, 0.6) is 5.75 Å². The zero-order chi connectivity index (χ0) is 13.5. The molecule has 0 amide bonds. The minimum absolute atomic E-state index is 0.329. The van der Waals surface area contributed by atoms with Crippen molar-refractivity contribution in [3.63, 3.8) is 0 Å². The molecule has 0 spiro atoms. The maximum atomic E-state index is 11.9. The van der Waals surface area contributed by atoms with Gasteiger partial charge in [0.25, 0.3) is 0 Å². The number of benzene rings is 1. The van der Waals surface area contributed by atoms with E-state index in [1.54, 1.807) is 25.3 Å². The first kappa shape index (κ1) is 13.8. The first-order valence-electron chi connectivity index (χ1n) is 6.52. The summed E-state index contributed by atoms with van der Waals surface area (Å²) in [5, 5.41) is 0. The first-order chi connectivity index (χ1) is 9.31. The molecule has 19 heavy (non-hydrogen) atoms. The number of methoxy groups -OCH3 is 1. The molecule has 104 valence electrons. The van der Waals surface area contributed by atoms with Crippen molar-refractivity contribution in [2.45, 2.75) is 0 Å². The number of rotatable bonds is 5. The van der Waals surface area contributed by atoms with Gasteiger partial charge in [0.1, 0.15) is 37.6 Å². The van der Waals surface area contributed by atoms with Crippen LogP contribution in [0.25, 0.3) is 0 Å². The summed E-state index contributed by atoms with van der Waals surface area (Å²) in [4.78, 5) is 13.3. The lowest BCUT2D eigenvalue weighted by Crippen LogP contribution is -3.14. The molecule has 0 unspecified atom stereocenters. The van der Waals surface area contributed by atoms with Crippen LogP contribution in [0.1, 0.15) is 10.4 Å². The van der Waals surface area contributed by atoms with Gasteiger partial charge in [0.15, 0.2) is 0 Å². The Hall–Kier alpha value is -1.59. The highest BCUT2D eigenvalue weighted by molar-refractivity contribution is 5.92. The molecule has 5 heteroatoms. The van der Waals surface area contributed by atoms with Gasteiger partial charge in [0.2, 0.25) is 0 Å². The van der Waals surface area contributed by atoms with Crippen molar-refractivity contribution in [2.24, 2.45) is 0 Å². The predicted octanol–water partition coefficient (Wildman–Crippen LogP) is -0.233. The van der Waals surface area contributed by atoms with Gasteiger partial charge in [-0.25, -0.2) is 4.79 Å². The molecule has 1 heterocycles. The summed E-state index contributed by atoms with van der Waals surface area (Å²) < 4.78 is 15.7. The van der Waals surface area contributed by atoms with Gasteiger partial charge < -0.3 is 19.1 Å². The highest BCUT2D eigenvalue weighted by Crippen LogP contribution is 2.17. The van der Waals surface area contributed by atoms with Crippen molar-refractivity contribution in [3.05, 3.63) is 29.8 Å². The van der Waals surface area contributed by atoms with Crippen LogP contribution in [0.3, 0.4) is 0 Å². The lowest BCUT2D eigenvalue weighted by Gasteiger charge is -2.23. The summed E-state index contributed by atoms with van der Waals surface area (Å²) in [6.07, 6.45) is 0. The molecule has 1 fully saturated rings. The third-order valence-electron chi connectivity index (χ3n) is 3.22. The minimum atomic E-state index is -0.329. The van der Waals surface area contributed by atoms with E-state index in [1.807, 2.05) is 6.07 Å². The maximum Gasteiger partial charge on any atom is 0.342 e. The molecule has 0 aliphatic carbocycles.